The Bertz CT molecular complexity index is 961. The molecule has 0 fully saturated rings. The Balaban J connectivity index is 0.000000880. The minimum Gasteiger partial charge on any atom is -0.407 e. The van der Waals surface area contributed by atoms with Gasteiger partial charge in [-0.05, 0) is 11.6 Å². The third-order valence-electron chi connectivity index (χ3n) is 3.93. The molecule has 4 rings (SSSR count). The zero-order chi connectivity index (χ0) is 17.6. The van der Waals surface area contributed by atoms with E-state index in [1.54, 1.807) is 0 Å². The molecule has 0 amide bonds. The number of hydrogen-bond acceptors (Lipinski definition) is 3. The standard InChI is InChI=1S/C19H17N3O.C2H6/c1-2-18-21-17-12-20-16-11-7-6-10-15(16)19(17)22(18)23-13-14-8-4-3-5-9-14;1-2/h3-12H,2,13H2,1H3;1-2H3. The fourth-order valence-electron chi connectivity index (χ4n) is 2.80. The Labute approximate surface area is 148 Å². The minimum atomic E-state index is 0.510. The van der Waals surface area contributed by atoms with Crippen LogP contribution in [0.2, 0.25) is 0 Å². The Kier molecular flexibility index (Phi) is 5.29. The summed E-state index contributed by atoms with van der Waals surface area (Å²) in [6, 6.07) is 18.2. The summed E-state index contributed by atoms with van der Waals surface area (Å²) in [5, 5.41) is 1.06. The molecule has 0 unspecified atom stereocenters. The molecule has 25 heavy (non-hydrogen) atoms. The quantitative estimate of drug-likeness (QED) is 0.538. The van der Waals surface area contributed by atoms with Crippen LogP contribution in [-0.4, -0.2) is 14.7 Å². The van der Waals surface area contributed by atoms with Crippen LogP contribution in [0.3, 0.4) is 0 Å². The number of nitrogens with zero attached hydrogens (tertiary/aromatic N) is 3. The molecule has 4 aromatic rings. The van der Waals surface area contributed by atoms with Crippen molar-refractivity contribution >= 4 is 21.9 Å². The topological polar surface area (TPSA) is 39.9 Å². The fraction of sp³-hybridized carbons (Fsp3) is 0.238. The van der Waals surface area contributed by atoms with E-state index in [0.29, 0.717) is 6.61 Å². The highest BCUT2D eigenvalue weighted by atomic mass is 16.7. The number of rotatable bonds is 4. The van der Waals surface area contributed by atoms with Gasteiger partial charge in [-0.3, -0.25) is 4.98 Å². The maximum Gasteiger partial charge on any atom is 0.146 e. The molecule has 2 aromatic heterocycles. The Morgan fingerprint density at radius 3 is 2.40 bits per heavy atom. The molecule has 0 radical (unpaired) electrons. The van der Waals surface area contributed by atoms with Crippen molar-refractivity contribution in [3.63, 3.8) is 0 Å². The van der Waals surface area contributed by atoms with Gasteiger partial charge in [0.25, 0.3) is 0 Å². The molecular formula is C21H23N3O. The van der Waals surface area contributed by atoms with E-state index in [2.05, 4.69) is 35.1 Å². The molecule has 0 saturated carbocycles. The van der Waals surface area contributed by atoms with Crippen LogP contribution in [0.25, 0.3) is 21.9 Å². The first-order chi connectivity index (χ1) is 12.4. The third-order valence-corrected chi connectivity index (χ3v) is 3.93. The number of imidazole rings is 1. The largest absolute Gasteiger partial charge is 0.407 e. The maximum atomic E-state index is 6.10. The van der Waals surface area contributed by atoms with Gasteiger partial charge < -0.3 is 4.84 Å². The van der Waals surface area contributed by atoms with Gasteiger partial charge in [-0.2, -0.15) is 4.73 Å². The van der Waals surface area contributed by atoms with Crippen LogP contribution in [0.5, 0.6) is 0 Å². The van der Waals surface area contributed by atoms with Crippen molar-refractivity contribution in [1.82, 2.24) is 14.7 Å². The van der Waals surface area contributed by atoms with E-state index in [1.807, 2.05) is 61.2 Å². The summed E-state index contributed by atoms with van der Waals surface area (Å²) in [6.45, 7) is 6.59. The molecule has 0 N–H and O–H groups in total. The van der Waals surface area contributed by atoms with E-state index in [9.17, 15) is 0 Å². The predicted molar refractivity (Wildman–Crippen MR) is 102 cm³/mol. The number of pyridine rings is 1. The zero-order valence-electron chi connectivity index (χ0n) is 14.9. The smallest absolute Gasteiger partial charge is 0.146 e. The Morgan fingerprint density at radius 1 is 0.920 bits per heavy atom. The molecular weight excluding hydrogens is 310 g/mol. The van der Waals surface area contributed by atoms with Crippen LogP contribution in [0.15, 0.2) is 60.8 Å². The van der Waals surface area contributed by atoms with Crippen molar-refractivity contribution in [1.29, 1.82) is 0 Å². The van der Waals surface area contributed by atoms with Gasteiger partial charge in [-0.25, -0.2) is 4.98 Å². The van der Waals surface area contributed by atoms with Gasteiger partial charge in [-0.1, -0.05) is 69.3 Å². The van der Waals surface area contributed by atoms with Gasteiger partial charge in [0.05, 0.1) is 11.7 Å². The number of fused-ring (bicyclic) bond motifs is 3. The highest BCUT2D eigenvalue weighted by molar-refractivity contribution is 6.02. The van der Waals surface area contributed by atoms with Crippen molar-refractivity contribution in [3.05, 3.63) is 72.2 Å². The molecule has 4 heteroatoms. The van der Waals surface area contributed by atoms with Crippen LogP contribution < -0.4 is 4.84 Å². The molecule has 0 atom stereocenters. The second-order valence-corrected chi connectivity index (χ2v) is 5.44. The zero-order valence-corrected chi connectivity index (χ0v) is 14.9. The van der Waals surface area contributed by atoms with Crippen LogP contribution >= 0.6 is 0 Å². The number of aryl methyl sites for hydroxylation is 1. The van der Waals surface area contributed by atoms with Crippen molar-refractivity contribution in [2.45, 2.75) is 33.8 Å². The average molecular weight is 333 g/mol. The summed E-state index contributed by atoms with van der Waals surface area (Å²) in [5.41, 5.74) is 3.94. The van der Waals surface area contributed by atoms with Crippen molar-refractivity contribution in [3.8, 4) is 0 Å². The van der Waals surface area contributed by atoms with Gasteiger partial charge in [0.2, 0.25) is 0 Å². The van der Waals surface area contributed by atoms with E-state index < -0.39 is 0 Å². The lowest BCUT2D eigenvalue weighted by molar-refractivity contribution is 0.100. The van der Waals surface area contributed by atoms with Crippen LogP contribution in [0.4, 0.5) is 0 Å². The number of para-hydroxylation sites is 1. The number of benzene rings is 2. The van der Waals surface area contributed by atoms with Gasteiger partial charge >= 0.3 is 0 Å². The molecule has 2 aromatic carbocycles. The lowest BCUT2D eigenvalue weighted by atomic mass is 10.2. The van der Waals surface area contributed by atoms with Gasteiger partial charge in [0.15, 0.2) is 0 Å². The SMILES string of the molecule is CC.CCc1nc2cnc3ccccc3c2n1OCc1ccccc1. The molecule has 0 spiro atoms. The second kappa shape index (κ2) is 7.79. The van der Waals surface area contributed by atoms with Crippen molar-refractivity contribution < 1.29 is 4.84 Å². The second-order valence-electron chi connectivity index (χ2n) is 5.44. The third kappa shape index (κ3) is 3.33. The summed E-state index contributed by atoms with van der Waals surface area (Å²) in [6.07, 6.45) is 2.62. The van der Waals surface area contributed by atoms with Crippen LogP contribution in [-0.2, 0) is 13.0 Å². The van der Waals surface area contributed by atoms with Crippen molar-refractivity contribution in [2.24, 2.45) is 0 Å². The number of aromatic nitrogens is 3. The Morgan fingerprint density at radius 2 is 1.64 bits per heavy atom. The highest BCUT2D eigenvalue weighted by Crippen LogP contribution is 2.24. The first-order valence-electron chi connectivity index (χ1n) is 8.79. The predicted octanol–water partition coefficient (Wildman–Crippen LogP) is 4.80. The molecule has 0 aliphatic carbocycles. The maximum absolute atomic E-state index is 6.10. The molecule has 0 saturated heterocycles. The number of hydrogen-bond donors (Lipinski definition) is 0. The summed E-state index contributed by atoms with van der Waals surface area (Å²) < 4.78 is 1.87. The summed E-state index contributed by atoms with van der Waals surface area (Å²) >= 11 is 0. The molecule has 128 valence electrons. The first-order valence-corrected chi connectivity index (χ1v) is 8.79. The summed E-state index contributed by atoms with van der Waals surface area (Å²) in [7, 11) is 0. The molecule has 2 heterocycles. The summed E-state index contributed by atoms with van der Waals surface area (Å²) in [5.74, 6) is 0.911. The van der Waals surface area contributed by atoms with E-state index in [0.717, 1.165) is 39.7 Å². The normalized spacial score (nSPS) is 10.5. The van der Waals surface area contributed by atoms with E-state index in [4.69, 9.17) is 4.84 Å². The van der Waals surface area contributed by atoms with E-state index >= 15 is 0 Å². The van der Waals surface area contributed by atoms with E-state index in [1.165, 1.54) is 0 Å². The average Bonchev–Trinajstić information content (AvgIpc) is 3.07. The highest BCUT2D eigenvalue weighted by Gasteiger charge is 2.14. The lowest BCUT2D eigenvalue weighted by Crippen LogP contribution is -2.14. The Hall–Kier alpha value is -2.88. The van der Waals surface area contributed by atoms with Crippen LogP contribution in [0, 0.1) is 0 Å². The fourth-order valence-corrected chi connectivity index (χ4v) is 2.80. The van der Waals surface area contributed by atoms with Gasteiger partial charge in [-0.15, -0.1) is 0 Å². The summed E-state index contributed by atoms with van der Waals surface area (Å²) in [4.78, 5) is 15.3. The monoisotopic (exact) mass is 333 g/mol. The molecule has 0 aliphatic heterocycles. The van der Waals surface area contributed by atoms with E-state index in [-0.39, 0.29) is 0 Å². The van der Waals surface area contributed by atoms with Gasteiger partial charge in [0, 0.05) is 11.8 Å². The molecule has 0 bridgehead atoms. The molecule has 0 aliphatic rings. The van der Waals surface area contributed by atoms with Crippen molar-refractivity contribution in [2.75, 3.05) is 0 Å². The van der Waals surface area contributed by atoms with Gasteiger partial charge in [0.1, 0.15) is 23.5 Å². The first kappa shape index (κ1) is 17.0. The minimum absolute atomic E-state index is 0.510. The molecule has 4 nitrogen and oxygen atoms in total. The lowest BCUT2D eigenvalue weighted by Gasteiger charge is -2.11. The van der Waals surface area contributed by atoms with Crippen LogP contribution in [0.1, 0.15) is 32.2 Å².